The van der Waals surface area contributed by atoms with Crippen LogP contribution >= 0.6 is 0 Å². The van der Waals surface area contributed by atoms with E-state index in [1.54, 1.807) is 7.11 Å². The van der Waals surface area contributed by atoms with Gasteiger partial charge in [-0.05, 0) is 17.5 Å². The average Bonchev–Trinajstić information content (AvgIpc) is 2.46. The Bertz CT molecular complexity index is 355. The first-order chi connectivity index (χ1) is 9.75. The number of hydrogen-bond acceptors (Lipinski definition) is 4. The summed E-state index contributed by atoms with van der Waals surface area (Å²) in [7, 11) is 1.67. The molecule has 20 heavy (non-hydrogen) atoms. The van der Waals surface area contributed by atoms with Crippen molar-refractivity contribution in [3.63, 3.8) is 0 Å². The number of nitrogens with one attached hydrogen (secondary N) is 1. The van der Waals surface area contributed by atoms with Crippen molar-refractivity contribution in [2.45, 2.75) is 19.8 Å². The third-order valence-electron chi connectivity index (χ3n) is 2.95. The minimum absolute atomic E-state index is 0.522. The van der Waals surface area contributed by atoms with E-state index in [0.717, 1.165) is 6.54 Å². The van der Waals surface area contributed by atoms with Crippen molar-refractivity contribution in [1.29, 1.82) is 0 Å². The highest BCUT2D eigenvalue weighted by Crippen LogP contribution is 2.23. The molecule has 0 aliphatic heterocycles. The van der Waals surface area contributed by atoms with Gasteiger partial charge in [-0.3, -0.25) is 0 Å². The second kappa shape index (κ2) is 10.7. The van der Waals surface area contributed by atoms with Crippen molar-refractivity contribution in [1.82, 2.24) is 0 Å². The highest BCUT2D eigenvalue weighted by atomic mass is 16.5. The van der Waals surface area contributed by atoms with Crippen LogP contribution in [-0.2, 0) is 14.2 Å². The zero-order valence-electron chi connectivity index (χ0n) is 12.9. The van der Waals surface area contributed by atoms with E-state index in [9.17, 15) is 0 Å². The van der Waals surface area contributed by atoms with Gasteiger partial charge in [0, 0.05) is 19.3 Å². The topological polar surface area (TPSA) is 39.7 Å². The lowest BCUT2D eigenvalue weighted by molar-refractivity contribution is 0.0272. The van der Waals surface area contributed by atoms with E-state index in [1.807, 2.05) is 0 Å². The molecule has 4 nitrogen and oxygen atoms in total. The Kier molecular flexibility index (Phi) is 9.04. The van der Waals surface area contributed by atoms with Gasteiger partial charge in [0.05, 0.1) is 33.0 Å². The number of benzene rings is 1. The molecule has 0 aliphatic rings. The van der Waals surface area contributed by atoms with Crippen LogP contribution in [0.2, 0.25) is 0 Å². The smallest absolute Gasteiger partial charge is 0.0701 e. The zero-order chi connectivity index (χ0) is 14.6. The van der Waals surface area contributed by atoms with Crippen molar-refractivity contribution in [3.05, 3.63) is 29.8 Å². The maximum absolute atomic E-state index is 5.51. The van der Waals surface area contributed by atoms with Crippen molar-refractivity contribution in [3.8, 4) is 0 Å². The lowest BCUT2D eigenvalue weighted by atomic mass is 10.0. The van der Waals surface area contributed by atoms with E-state index in [1.165, 1.54) is 11.3 Å². The minimum atomic E-state index is 0.522. The van der Waals surface area contributed by atoms with Gasteiger partial charge in [0.25, 0.3) is 0 Å². The molecule has 4 heteroatoms. The van der Waals surface area contributed by atoms with Gasteiger partial charge in [0.1, 0.15) is 0 Å². The molecule has 1 aromatic carbocycles. The fourth-order valence-electron chi connectivity index (χ4n) is 1.88. The summed E-state index contributed by atoms with van der Waals surface area (Å²) in [5.74, 6) is 0.522. The van der Waals surface area contributed by atoms with Crippen LogP contribution in [-0.4, -0.2) is 46.7 Å². The van der Waals surface area contributed by atoms with Crippen molar-refractivity contribution in [2.75, 3.05) is 52.0 Å². The molecule has 0 unspecified atom stereocenters. The van der Waals surface area contributed by atoms with Gasteiger partial charge in [0.15, 0.2) is 0 Å². The summed E-state index contributed by atoms with van der Waals surface area (Å²) in [4.78, 5) is 0. The SMILES string of the molecule is COCCOCCOCCNc1ccccc1C(C)C. The molecule has 0 saturated heterocycles. The Labute approximate surface area is 122 Å². The van der Waals surface area contributed by atoms with E-state index >= 15 is 0 Å². The molecule has 0 amide bonds. The molecule has 0 spiro atoms. The number of hydrogen-bond donors (Lipinski definition) is 1. The molecular weight excluding hydrogens is 254 g/mol. The summed E-state index contributed by atoms with van der Waals surface area (Å²) < 4.78 is 15.7. The largest absolute Gasteiger partial charge is 0.382 e. The summed E-state index contributed by atoms with van der Waals surface area (Å²) in [6.07, 6.45) is 0. The van der Waals surface area contributed by atoms with Crippen LogP contribution in [0, 0.1) is 0 Å². The van der Waals surface area contributed by atoms with Gasteiger partial charge < -0.3 is 19.5 Å². The van der Waals surface area contributed by atoms with Crippen LogP contribution < -0.4 is 5.32 Å². The van der Waals surface area contributed by atoms with E-state index in [4.69, 9.17) is 14.2 Å². The minimum Gasteiger partial charge on any atom is -0.382 e. The van der Waals surface area contributed by atoms with E-state index in [0.29, 0.717) is 39.0 Å². The zero-order valence-corrected chi connectivity index (χ0v) is 12.9. The molecule has 1 rings (SSSR count). The lowest BCUT2D eigenvalue weighted by Gasteiger charge is -2.14. The summed E-state index contributed by atoms with van der Waals surface area (Å²) in [5.41, 5.74) is 2.54. The van der Waals surface area contributed by atoms with Crippen LogP contribution in [0.25, 0.3) is 0 Å². The monoisotopic (exact) mass is 281 g/mol. The molecular formula is C16H27NO3. The molecule has 1 N–H and O–H groups in total. The van der Waals surface area contributed by atoms with Crippen LogP contribution in [0.4, 0.5) is 5.69 Å². The highest BCUT2D eigenvalue weighted by Gasteiger charge is 2.04. The molecule has 0 aromatic heterocycles. The summed E-state index contributed by atoms with van der Waals surface area (Å²) in [5, 5.41) is 3.42. The van der Waals surface area contributed by atoms with Crippen LogP contribution in [0.15, 0.2) is 24.3 Å². The third-order valence-corrected chi connectivity index (χ3v) is 2.95. The van der Waals surface area contributed by atoms with Gasteiger partial charge in [-0.2, -0.15) is 0 Å². The molecule has 0 atom stereocenters. The number of methoxy groups -OCH3 is 1. The summed E-state index contributed by atoms with van der Waals surface area (Å²) in [6, 6.07) is 8.41. The predicted molar refractivity (Wildman–Crippen MR) is 82.5 cm³/mol. The van der Waals surface area contributed by atoms with Crippen LogP contribution in [0.3, 0.4) is 0 Å². The fraction of sp³-hybridized carbons (Fsp3) is 0.625. The first-order valence-corrected chi connectivity index (χ1v) is 7.23. The molecule has 0 heterocycles. The van der Waals surface area contributed by atoms with Crippen LogP contribution in [0.1, 0.15) is 25.3 Å². The normalized spacial score (nSPS) is 11.0. The van der Waals surface area contributed by atoms with Crippen molar-refractivity contribution >= 4 is 5.69 Å². The lowest BCUT2D eigenvalue weighted by Crippen LogP contribution is -2.14. The Hall–Kier alpha value is -1.10. The third kappa shape index (κ3) is 6.89. The quantitative estimate of drug-likeness (QED) is 0.633. The number of ether oxygens (including phenoxy) is 3. The molecule has 0 fully saturated rings. The first-order valence-electron chi connectivity index (χ1n) is 7.23. The number of para-hydroxylation sites is 1. The Morgan fingerprint density at radius 3 is 2.30 bits per heavy atom. The van der Waals surface area contributed by atoms with Crippen LogP contribution in [0.5, 0.6) is 0 Å². The Morgan fingerprint density at radius 2 is 1.60 bits per heavy atom. The van der Waals surface area contributed by atoms with Gasteiger partial charge in [-0.15, -0.1) is 0 Å². The van der Waals surface area contributed by atoms with Gasteiger partial charge in [-0.1, -0.05) is 32.0 Å². The standard InChI is InChI=1S/C16H27NO3/c1-14(2)15-6-4-5-7-16(15)17-8-9-19-12-13-20-11-10-18-3/h4-7,14,17H,8-13H2,1-3H3. The second-order valence-electron chi connectivity index (χ2n) is 4.89. The molecule has 114 valence electrons. The summed E-state index contributed by atoms with van der Waals surface area (Å²) >= 11 is 0. The van der Waals surface area contributed by atoms with E-state index < -0.39 is 0 Å². The predicted octanol–water partition coefficient (Wildman–Crippen LogP) is 2.90. The maximum atomic E-state index is 5.51. The van der Waals surface area contributed by atoms with Gasteiger partial charge in [-0.25, -0.2) is 0 Å². The Balaban J connectivity index is 2.10. The fourth-order valence-corrected chi connectivity index (χ4v) is 1.88. The average molecular weight is 281 g/mol. The maximum Gasteiger partial charge on any atom is 0.0701 e. The van der Waals surface area contributed by atoms with E-state index in [-0.39, 0.29) is 0 Å². The van der Waals surface area contributed by atoms with Crippen molar-refractivity contribution in [2.24, 2.45) is 0 Å². The molecule has 1 aromatic rings. The highest BCUT2D eigenvalue weighted by molar-refractivity contribution is 5.52. The molecule has 0 saturated carbocycles. The molecule has 0 bridgehead atoms. The van der Waals surface area contributed by atoms with E-state index in [2.05, 4.69) is 43.4 Å². The Morgan fingerprint density at radius 1 is 0.950 bits per heavy atom. The van der Waals surface area contributed by atoms with Gasteiger partial charge >= 0.3 is 0 Å². The van der Waals surface area contributed by atoms with Gasteiger partial charge in [0.2, 0.25) is 0 Å². The van der Waals surface area contributed by atoms with Crippen molar-refractivity contribution < 1.29 is 14.2 Å². The number of anilines is 1. The number of rotatable bonds is 11. The second-order valence-corrected chi connectivity index (χ2v) is 4.89. The first kappa shape index (κ1) is 17.0. The summed E-state index contributed by atoms with van der Waals surface area (Å²) in [6.45, 7) is 8.39. The molecule has 0 aliphatic carbocycles. The molecule has 0 radical (unpaired) electrons.